The van der Waals surface area contributed by atoms with Gasteiger partial charge in [0.2, 0.25) is 14.3 Å². The van der Waals surface area contributed by atoms with Gasteiger partial charge in [0, 0.05) is 26.2 Å². The van der Waals surface area contributed by atoms with Gasteiger partial charge >= 0.3 is 0 Å². The third kappa shape index (κ3) is 2.79. The van der Waals surface area contributed by atoms with E-state index in [9.17, 15) is 9.59 Å². The van der Waals surface area contributed by atoms with Gasteiger partial charge < -0.3 is 15.1 Å². The van der Waals surface area contributed by atoms with E-state index in [0.717, 1.165) is 18.8 Å². The fourth-order valence-corrected chi connectivity index (χ4v) is 1.90. The summed E-state index contributed by atoms with van der Waals surface area (Å²) < 4.78 is 0. The number of anilines is 2. The first-order valence-corrected chi connectivity index (χ1v) is 5.66. The van der Waals surface area contributed by atoms with Crippen molar-refractivity contribution in [2.75, 3.05) is 36.4 Å². The van der Waals surface area contributed by atoms with Crippen molar-refractivity contribution >= 4 is 31.6 Å². The number of pyridine rings is 1. The first-order valence-electron chi connectivity index (χ1n) is 5.66. The fourth-order valence-electron chi connectivity index (χ4n) is 1.90. The van der Waals surface area contributed by atoms with Crippen LogP contribution in [0.4, 0.5) is 16.3 Å². The van der Waals surface area contributed by atoms with E-state index in [-0.39, 0.29) is 5.81 Å². The molecule has 0 unspecified atom stereocenters. The molecular weight excluding hydrogens is 231 g/mol. The Morgan fingerprint density at radius 3 is 2.56 bits per heavy atom. The molecule has 0 atom stereocenters. The Bertz CT molecular complexity index is 429. The van der Waals surface area contributed by atoms with Crippen molar-refractivity contribution in [3.05, 3.63) is 18.3 Å². The van der Waals surface area contributed by atoms with Crippen LogP contribution in [0.1, 0.15) is 0 Å². The second-order valence-corrected chi connectivity index (χ2v) is 3.98. The number of nitrogens with one attached hydrogen (secondary N) is 1. The van der Waals surface area contributed by atoms with Gasteiger partial charge in [0.25, 0.3) is 0 Å². The molecule has 1 aromatic rings. The van der Waals surface area contributed by atoms with E-state index in [4.69, 9.17) is 7.85 Å². The van der Waals surface area contributed by atoms with Crippen LogP contribution >= 0.6 is 0 Å². The molecule has 0 aliphatic carbocycles. The maximum absolute atomic E-state index is 11.0. The number of carbonyl (C=O) groups is 2. The predicted octanol–water partition coefficient (Wildman–Crippen LogP) is 0.0604. The number of aromatic nitrogens is 1. The summed E-state index contributed by atoms with van der Waals surface area (Å²) in [4.78, 5) is 29.1. The number of nitrogens with zero attached hydrogens (tertiary/aromatic N) is 3. The van der Waals surface area contributed by atoms with E-state index in [1.54, 1.807) is 17.2 Å². The summed E-state index contributed by atoms with van der Waals surface area (Å²) in [6.07, 6.45) is 2.29. The first kappa shape index (κ1) is 12.4. The minimum absolute atomic E-state index is 0.377. The molecule has 1 aliphatic rings. The molecule has 2 radical (unpaired) electrons. The maximum atomic E-state index is 11.0. The molecule has 1 aromatic heterocycles. The summed E-state index contributed by atoms with van der Waals surface area (Å²) in [6, 6.07) is 3.63. The largest absolute Gasteiger partial charge is 0.367 e. The van der Waals surface area contributed by atoms with Crippen LogP contribution in [0.5, 0.6) is 0 Å². The molecule has 1 aliphatic heterocycles. The van der Waals surface area contributed by atoms with Gasteiger partial charge in [-0.25, -0.2) is 4.98 Å². The van der Waals surface area contributed by atoms with E-state index in [2.05, 4.69) is 15.2 Å². The van der Waals surface area contributed by atoms with Gasteiger partial charge in [-0.2, -0.15) is 0 Å². The highest BCUT2D eigenvalue weighted by Crippen LogP contribution is 2.16. The number of hydrogen-bond acceptors (Lipinski definition) is 4. The Kier molecular flexibility index (Phi) is 3.81. The van der Waals surface area contributed by atoms with Crippen LogP contribution in [0.25, 0.3) is 0 Å². The third-order valence-electron chi connectivity index (χ3n) is 2.91. The van der Waals surface area contributed by atoms with E-state index in [1.165, 1.54) is 0 Å². The summed E-state index contributed by atoms with van der Waals surface area (Å²) >= 11 is 0. The maximum Gasteiger partial charge on any atom is 0.212 e. The normalized spacial score (nSPS) is 15.3. The van der Waals surface area contributed by atoms with Gasteiger partial charge in [-0.05, 0) is 12.1 Å². The highest BCUT2D eigenvalue weighted by atomic mass is 16.1. The lowest BCUT2D eigenvalue weighted by atomic mass is 10.1. The van der Waals surface area contributed by atoms with Crippen molar-refractivity contribution in [3.8, 4) is 0 Å². The van der Waals surface area contributed by atoms with Crippen LogP contribution in [-0.2, 0) is 4.79 Å². The first-order chi connectivity index (χ1) is 8.70. The van der Waals surface area contributed by atoms with Crippen molar-refractivity contribution < 1.29 is 9.59 Å². The average molecular weight is 244 g/mol. The van der Waals surface area contributed by atoms with Crippen molar-refractivity contribution in [1.29, 1.82) is 0 Å². The second-order valence-electron chi connectivity index (χ2n) is 3.98. The molecule has 18 heavy (non-hydrogen) atoms. The SMILES string of the molecule is [B]C(=O)N1CCN(c2ccc(NC=O)nc2)CC1. The lowest BCUT2D eigenvalue weighted by molar-refractivity contribution is -0.105. The lowest BCUT2D eigenvalue weighted by Crippen LogP contribution is -2.48. The van der Waals surface area contributed by atoms with Crippen molar-refractivity contribution in [3.63, 3.8) is 0 Å². The molecule has 2 amide bonds. The molecule has 92 valence electrons. The van der Waals surface area contributed by atoms with Crippen LogP contribution in [0.3, 0.4) is 0 Å². The standard InChI is InChI=1S/C11H13BN4O2/c12-11(18)16-5-3-15(4-6-16)9-1-2-10(13-7-9)14-8-17/h1-2,7-8H,3-6H2,(H,13,14,17). The number of hydrogen-bond donors (Lipinski definition) is 1. The predicted molar refractivity (Wildman–Crippen MR) is 68.9 cm³/mol. The number of carbonyl (C=O) groups excluding carboxylic acids is 2. The monoisotopic (exact) mass is 244 g/mol. The Morgan fingerprint density at radius 1 is 1.33 bits per heavy atom. The van der Waals surface area contributed by atoms with Crippen molar-refractivity contribution in [1.82, 2.24) is 9.88 Å². The Morgan fingerprint density at radius 2 is 2.06 bits per heavy atom. The lowest BCUT2D eigenvalue weighted by Gasteiger charge is -2.35. The molecule has 0 spiro atoms. The van der Waals surface area contributed by atoms with Crippen LogP contribution in [0.15, 0.2) is 18.3 Å². The topological polar surface area (TPSA) is 65.5 Å². The van der Waals surface area contributed by atoms with E-state index >= 15 is 0 Å². The number of rotatable bonds is 3. The van der Waals surface area contributed by atoms with Crippen molar-refractivity contribution in [2.24, 2.45) is 0 Å². The molecule has 1 N–H and O–H groups in total. The van der Waals surface area contributed by atoms with Crippen LogP contribution < -0.4 is 10.2 Å². The molecule has 1 fully saturated rings. The zero-order valence-corrected chi connectivity index (χ0v) is 9.87. The van der Waals surface area contributed by atoms with E-state index in [0.29, 0.717) is 25.3 Å². The molecule has 0 bridgehead atoms. The summed E-state index contributed by atoms with van der Waals surface area (Å²) in [6.45, 7) is 2.68. The van der Waals surface area contributed by atoms with Gasteiger partial charge in [0.05, 0.1) is 11.9 Å². The quantitative estimate of drug-likeness (QED) is 0.603. The van der Waals surface area contributed by atoms with Crippen LogP contribution in [-0.4, -0.2) is 56.1 Å². The van der Waals surface area contributed by atoms with Crippen molar-refractivity contribution in [2.45, 2.75) is 0 Å². The zero-order chi connectivity index (χ0) is 13.0. The van der Waals surface area contributed by atoms with Crippen LogP contribution in [0.2, 0.25) is 0 Å². The second kappa shape index (κ2) is 5.53. The molecule has 0 aromatic carbocycles. The molecular formula is C11H13BN4O2. The molecule has 0 saturated carbocycles. The minimum atomic E-state index is -0.377. The van der Waals surface area contributed by atoms with Gasteiger partial charge in [-0.1, -0.05) is 0 Å². The summed E-state index contributed by atoms with van der Waals surface area (Å²) in [5, 5.41) is 2.48. The molecule has 6 nitrogen and oxygen atoms in total. The average Bonchev–Trinajstić information content (AvgIpc) is 2.40. The Hall–Kier alpha value is -2.05. The van der Waals surface area contributed by atoms with E-state index in [1.807, 2.05) is 6.07 Å². The van der Waals surface area contributed by atoms with Gasteiger partial charge in [0.1, 0.15) is 5.82 Å². The van der Waals surface area contributed by atoms with Gasteiger partial charge in [0.15, 0.2) is 5.81 Å². The van der Waals surface area contributed by atoms with Gasteiger partial charge in [-0.3, -0.25) is 9.59 Å². The molecule has 2 heterocycles. The summed E-state index contributed by atoms with van der Waals surface area (Å²) in [7, 11) is 5.22. The number of piperazine rings is 1. The molecule has 2 rings (SSSR count). The summed E-state index contributed by atoms with van der Waals surface area (Å²) in [5.74, 6) is 0.142. The number of amides is 2. The Balaban J connectivity index is 1.96. The highest BCUT2D eigenvalue weighted by molar-refractivity contribution is 6.56. The van der Waals surface area contributed by atoms with Crippen LogP contribution in [0, 0.1) is 0 Å². The van der Waals surface area contributed by atoms with E-state index < -0.39 is 0 Å². The zero-order valence-electron chi connectivity index (χ0n) is 9.87. The Labute approximate surface area is 106 Å². The smallest absolute Gasteiger partial charge is 0.212 e. The minimum Gasteiger partial charge on any atom is -0.367 e. The van der Waals surface area contributed by atoms with Gasteiger partial charge in [-0.15, -0.1) is 0 Å². The fraction of sp³-hybridized carbons (Fsp3) is 0.364. The highest BCUT2D eigenvalue weighted by Gasteiger charge is 2.18. The molecule has 1 saturated heterocycles. The molecule has 7 heteroatoms. The third-order valence-corrected chi connectivity index (χ3v) is 2.91. The summed E-state index contributed by atoms with van der Waals surface area (Å²) in [5.41, 5.74) is 0.968.